The van der Waals surface area contributed by atoms with Crippen LogP contribution in [0.3, 0.4) is 0 Å². The summed E-state index contributed by atoms with van der Waals surface area (Å²) in [4.78, 5) is 12.8. The first kappa shape index (κ1) is 14.7. The van der Waals surface area contributed by atoms with Crippen molar-refractivity contribution in [1.82, 2.24) is 5.32 Å². The number of nitrogens with one attached hydrogen (secondary N) is 2. The van der Waals surface area contributed by atoms with Gasteiger partial charge in [0.2, 0.25) is 0 Å². The number of carbonyl (C=O) groups is 1. The van der Waals surface area contributed by atoms with Crippen LogP contribution in [0.4, 0.5) is 11.4 Å². The number of amides is 1. The van der Waals surface area contributed by atoms with Gasteiger partial charge in [0.05, 0.1) is 15.7 Å². The summed E-state index contributed by atoms with van der Waals surface area (Å²) in [6.07, 6.45) is 0. The Hall–Kier alpha value is -1.72. The zero-order chi connectivity index (χ0) is 14.5. The van der Waals surface area contributed by atoms with E-state index in [0.29, 0.717) is 24.3 Å². The Bertz CT molecular complexity index is 612. The molecule has 0 fully saturated rings. The zero-order valence-corrected chi connectivity index (χ0v) is 12.6. The van der Waals surface area contributed by atoms with Crippen LogP contribution in [0.1, 0.15) is 22.2 Å². The van der Waals surface area contributed by atoms with Crippen LogP contribution in [-0.2, 0) is 6.54 Å². The molecular formula is C14H16ClN3OS. The molecule has 0 bridgehead atoms. The molecule has 2 aromatic rings. The minimum atomic E-state index is -0.115. The largest absolute Gasteiger partial charge is 0.397 e. The molecule has 0 saturated carbocycles. The Labute approximate surface area is 126 Å². The van der Waals surface area contributed by atoms with Crippen molar-refractivity contribution in [2.45, 2.75) is 13.5 Å². The number of hydrogen-bond acceptors (Lipinski definition) is 4. The van der Waals surface area contributed by atoms with Crippen molar-refractivity contribution < 1.29 is 4.79 Å². The van der Waals surface area contributed by atoms with Gasteiger partial charge in [0.25, 0.3) is 5.91 Å². The summed E-state index contributed by atoms with van der Waals surface area (Å²) in [7, 11) is 0. The van der Waals surface area contributed by atoms with Gasteiger partial charge >= 0.3 is 0 Å². The second-order valence-electron chi connectivity index (χ2n) is 4.22. The Balaban J connectivity index is 2.04. The van der Waals surface area contributed by atoms with Crippen LogP contribution < -0.4 is 16.4 Å². The summed E-state index contributed by atoms with van der Waals surface area (Å²) in [5.74, 6) is -0.115. The highest BCUT2D eigenvalue weighted by Gasteiger charge is 2.07. The molecule has 1 heterocycles. The van der Waals surface area contributed by atoms with E-state index in [9.17, 15) is 4.79 Å². The first-order chi connectivity index (χ1) is 9.60. The highest BCUT2D eigenvalue weighted by molar-refractivity contribution is 7.16. The molecule has 0 aliphatic carbocycles. The van der Waals surface area contributed by atoms with Gasteiger partial charge in [-0.15, -0.1) is 11.3 Å². The van der Waals surface area contributed by atoms with Gasteiger partial charge in [-0.3, -0.25) is 4.79 Å². The molecule has 0 aliphatic rings. The number of thiophene rings is 1. The van der Waals surface area contributed by atoms with Crippen LogP contribution in [0.25, 0.3) is 0 Å². The molecule has 0 radical (unpaired) electrons. The standard InChI is InChI=1S/C14H16ClN3OS/c1-2-17-14(19)9-3-5-12(11(16)7-9)18-8-10-4-6-13(15)20-10/h3-7,18H,2,8,16H2,1H3,(H,17,19). The van der Waals surface area contributed by atoms with Crippen molar-refractivity contribution in [1.29, 1.82) is 0 Å². The quantitative estimate of drug-likeness (QED) is 0.742. The third kappa shape index (κ3) is 3.65. The predicted octanol–water partition coefficient (Wildman–Crippen LogP) is 3.35. The molecule has 4 nitrogen and oxygen atoms in total. The lowest BCUT2D eigenvalue weighted by Gasteiger charge is -2.10. The average molecular weight is 310 g/mol. The van der Waals surface area contributed by atoms with Crippen LogP contribution in [0.2, 0.25) is 4.34 Å². The number of nitrogens with two attached hydrogens (primary N) is 1. The number of benzene rings is 1. The molecule has 0 atom stereocenters. The minimum absolute atomic E-state index is 0.115. The van der Waals surface area contributed by atoms with Gasteiger partial charge in [-0.1, -0.05) is 11.6 Å². The fourth-order valence-corrected chi connectivity index (χ4v) is 2.78. The molecule has 0 spiro atoms. The fraction of sp³-hybridized carbons (Fsp3) is 0.214. The molecule has 1 aromatic heterocycles. The first-order valence-corrected chi connectivity index (χ1v) is 7.45. The normalized spacial score (nSPS) is 10.3. The number of anilines is 2. The Morgan fingerprint density at radius 1 is 1.35 bits per heavy atom. The monoisotopic (exact) mass is 309 g/mol. The van der Waals surface area contributed by atoms with Gasteiger partial charge in [-0.2, -0.15) is 0 Å². The molecule has 4 N–H and O–H groups in total. The third-order valence-electron chi connectivity index (χ3n) is 2.73. The van der Waals surface area contributed by atoms with E-state index in [1.807, 2.05) is 25.1 Å². The summed E-state index contributed by atoms with van der Waals surface area (Å²) in [5.41, 5.74) is 7.88. The van der Waals surface area contributed by atoms with Crippen LogP contribution in [0, 0.1) is 0 Å². The SMILES string of the molecule is CCNC(=O)c1ccc(NCc2ccc(Cl)s2)c(N)c1. The molecule has 1 amide bonds. The maximum absolute atomic E-state index is 11.7. The van der Waals surface area contributed by atoms with E-state index in [2.05, 4.69) is 10.6 Å². The van der Waals surface area contributed by atoms with Crippen molar-refractivity contribution in [3.05, 3.63) is 45.1 Å². The highest BCUT2D eigenvalue weighted by Crippen LogP contribution is 2.24. The molecule has 20 heavy (non-hydrogen) atoms. The van der Waals surface area contributed by atoms with Crippen molar-refractivity contribution in [2.24, 2.45) is 0 Å². The fourth-order valence-electron chi connectivity index (χ4n) is 1.76. The highest BCUT2D eigenvalue weighted by atomic mass is 35.5. The summed E-state index contributed by atoms with van der Waals surface area (Å²) >= 11 is 7.41. The molecule has 6 heteroatoms. The average Bonchev–Trinajstić information content (AvgIpc) is 2.83. The molecule has 106 valence electrons. The van der Waals surface area contributed by atoms with E-state index < -0.39 is 0 Å². The van der Waals surface area contributed by atoms with Crippen molar-refractivity contribution in [3.63, 3.8) is 0 Å². The lowest BCUT2D eigenvalue weighted by Crippen LogP contribution is -2.22. The van der Waals surface area contributed by atoms with Crippen LogP contribution in [0.5, 0.6) is 0 Å². The van der Waals surface area contributed by atoms with E-state index in [0.717, 1.165) is 14.9 Å². The van der Waals surface area contributed by atoms with E-state index in [-0.39, 0.29) is 5.91 Å². The second-order valence-corrected chi connectivity index (χ2v) is 6.02. The zero-order valence-electron chi connectivity index (χ0n) is 11.1. The Morgan fingerprint density at radius 2 is 2.15 bits per heavy atom. The molecule has 0 saturated heterocycles. The number of carbonyl (C=O) groups excluding carboxylic acids is 1. The summed E-state index contributed by atoms with van der Waals surface area (Å²) in [5, 5.41) is 5.98. The van der Waals surface area contributed by atoms with E-state index >= 15 is 0 Å². The van der Waals surface area contributed by atoms with Crippen LogP contribution in [0.15, 0.2) is 30.3 Å². The van der Waals surface area contributed by atoms with E-state index in [1.165, 1.54) is 11.3 Å². The summed E-state index contributed by atoms with van der Waals surface area (Å²) in [6, 6.07) is 9.08. The number of rotatable bonds is 5. The van der Waals surface area contributed by atoms with Crippen molar-refractivity contribution >= 4 is 40.2 Å². The topological polar surface area (TPSA) is 67.2 Å². The molecular weight excluding hydrogens is 294 g/mol. The number of halogens is 1. The van der Waals surface area contributed by atoms with Gasteiger partial charge in [0.1, 0.15) is 0 Å². The number of nitrogen functional groups attached to an aromatic ring is 1. The van der Waals surface area contributed by atoms with Gasteiger partial charge in [-0.25, -0.2) is 0 Å². The number of hydrogen-bond donors (Lipinski definition) is 3. The van der Waals surface area contributed by atoms with Crippen LogP contribution >= 0.6 is 22.9 Å². The third-order valence-corrected chi connectivity index (χ3v) is 3.96. The van der Waals surface area contributed by atoms with E-state index in [4.69, 9.17) is 17.3 Å². The Morgan fingerprint density at radius 3 is 2.75 bits per heavy atom. The van der Waals surface area contributed by atoms with Crippen molar-refractivity contribution in [3.8, 4) is 0 Å². The minimum Gasteiger partial charge on any atom is -0.397 e. The second kappa shape index (κ2) is 6.63. The lowest BCUT2D eigenvalue weighted by molar-refractivity contribution is 0.0956. The maximum Gasteiger partial charge on any atom is 0.251 e. The van der Waals surface area contributed by atoms with Gasteiger partial charge in [0, 0.05) is 23.5 Å². The van der Waals surface area contributed by atoms with Gasteiger partial charge in [-0.05, 0) is 37.3 Å². The first-order valence-electron chi connectivity index (χ1n) is 6.26. The molecule has 0 aliphatic heterocycles. The van der Waals surface area contributed by atoms with Crippen molar-refractivity contribution in [2.75, 3.05) is 17.6 Å². The smallest absolute Gasteiger partial charge is 0.251 e. The van der Waals surface area contributed by atoms with Crippen LogP contribution in [-0.4, -0.2) is 12.5 Å². The molecule has 1 aromatic carbocycles. The Kier molecular flexibility index (Phi) is 4.87. The molecule has 0 unspecified atom stereocenters. The molecule has 2 rings (SSSR count). The predicted molar refractivity (Wildman–Crippen MR) is 85.5 cm³/mol. The maximum atomic E-state index is 11.7. The lowest BCUT2D eigenvalue weighted by atomic mass is 10.1. The van der Waals surface area contributed by atoms with E-state index in [1.54, 1.807) is 12.1 Å². The summed E-state index contributed by atoms with van der Waals surface area (Å²) in [6.45, 7) is 3.13. The van der Waals surface area contributed by atoms with Gasteiger partial charge in [0.15, 0.2) is 0 Å². The van der Waals surface area contributed by atoms with Gasteiger partial charge < -0.3 is 16.4 Å². The summed E-state index contributed by atoms with van der Waals surface area (Å²) < 4.78 is 0.765.